The van der Waals surface area contributed by atoms with E-state index in [0.29, 0.717) is 17.7 Å². The SMILES string of the molecule is CN(Cc1ccncc1)Cc1ccccc1Oc1ccc(C#N)cc1.O=C(O)/C=C/C(=O)O. The van der Waals surface area contributed by atoms with Crippen LogP contribution in [0.5, 0.6) is 11.5 Å². The third-order valence-corrected chi connectivity index (χ3v) is 4.19. The van der Waals surface area contributed by atoms with Gasteiger partial charge in [-0.2, -0.15) is 5.26 Å². The molecule has 0 amide bonds. The van der Waals surface area contributed by atoms with Crippen LogP contribution in [0.1, 0.15) is 16.7 Å². The molecule has 0 saturated heterocycles. The molecule has 3 aromatic rings. The fourth-order valence-corrected chi connectivity index (χ4v) is 2.75. The van der Waals surface area contributed by atoms with E-state index in [1.807, 2.05) is 54.9 Å². The van der Waals surface area contributed by atoms with Gasteiger partial charge in [0.2, 0.25) is 0 Å². The van der Waals surface area contributed by atoms with Gasteiger partial charge >= 0.3 is 11.9 Å². The molecule has 0 aliphatic carbocycles. The van der Waals surface area contributed by atoms with Crippen LogP contribution in [0.4, 0.5) is 0 Å². The Morgan fingerprint density at radius 3 is 2.15 bits per heavy atom. The fourth-order valence-electron chi connectivity index (χ4n) is 2.75. The first-order valence-corrected chi connectivity index (χ1v) is 9.84. The Bertz CT molecular complexity index is 1110. The Hall–Kier alpha value is -4.48. The summed E-state index contributed by atoms with van der Waals surface area (Å²) in [5.74, 6) is -0.961. The summed E-state index contributed by atoms with van der Waals surface area (Å²) in [5.41, 5.74) is 2.96. The van der Waals surface area contributed by atoms with E-state index in [-0.39, 0.29) is 0 Å². The van der Waals surface area contributed by atoms with E-state index in [0.717, 1.165) is 30.2 Å². The van der Waals surface area contributed by atoms with E-state index in [9.17, 15) is 9.59 Å². The van der Waals surface area contributed by atoms with Crippen molar-refractivity contribution in [2.45, 2.75) is 13.1 Å². The van der Waals surface area contributed by atoms with Gasteiger partial charge in [0.1, 0.15) is 11.5 Å². The van der Waals surface area contributed by atoms with Crippen LogP contribution in [0.2, 0.25) is 0 Å². The topological polar surface area (TPSA) is 124 Å². The molecule has 1 aromatic heterocycles. The minimum absolute atomic E-state index is 0.558. The van der Waals surface area contributed by atoms with Gasteiger partial charge in [-0.25, -0.2) is 9.59 Å². The number of rotatable bonds is 8. The number of aliphatic carboxylic acids is 2. The first-order chi connectivity index (χ1) is 15.9. The third-order valence-electron chi connectivity index (χ3n) is 4.19. The second-order valence-electron chi connectivity index (χ2n) is 6.88. The highest BCUT2D eigenvalue weighted by Gasteiger charge is 2.08. The second kappa shape index (κ2) is 13.0. The molecule has 3 rings (SSSR count). The van der Waals surface area contributed by atoms with Crippen molar-refractivity contribution >= 4 is 11.9 Å². The highest BCUT2D eigenvalue weighted by molar-refractivity contribution is 5.89. The lowest BCUT2D eigenvalue weighted by Gasteiger charge is -2.19. The molecule has 168 valence electrons. The van der Waals surface area contributed by atoms with Gasteiger partial charge in [-0.05, 0) is 55.1 Å². The highest BCUT2D eigenvalue weighted by Crippen LogP contribution is 2.26. The number of carbonyl (C=O) groups is 2. The number of carboxylic acids is 2. The Labute approximate surface area is 191 Å². The van der Waals surface area contributed by atoms with Crippen LogP contribution in [-0.4, -0.2) is 39.1 Å². The molecule has 2 aromatic carbocycles. The van der Waals surface area contributed by atoms with Gasteiger partial charge in [0.15, 0.2) is 0 Å². The van der Waals surface area contributed by atoms with Gasteiger partial charge in [-0.15, -0.1) is 0 Å². The third kappa shape index (κ3) is 9.46. The van der Waals surface area contributed by atoms with Gasteiger partial charge in [-0.3, -0.25) is 9.88 Å². The lowest BCUT2D eigenvalue weighted by molar-refractivity contribution is -0.134. The number of hydrogen-bond acceptors (Lipinski definition) is 6. The summed E-state index contributed by atoms with van der Waals surface area (Å²) in [6.07, 6.45) is 4.74. The number of nitriles is 1. The van der Waals surface area contributed by atoms with Crippen molar-refractivity contribution in [3.8, 4) is 17.6 Å². The van der Waals surface area contributed by atoms with Gasteiger partial charge in [-0.1, -0.05) is 18.2 Å². The number of para-hydroxylation sites is 1. The molecule has 0 saturated carbocycles. The number of nitrogens with zero attached hydrogens (tertiary/aromatic N) is 3. The predicted molar refractivity (Wildman–Crippen MR) is 121 cm³/mol. The normalized spacial score (nSPS) is 10.2. The Kier molecular flexibility index (Phi) is 9.80. The van der Waals surface area contributed by atoms with E-state index in [4.69, 9.17) is 20.2 Å². The summed E-state index contributed by atoms with van der Waals surface area (Å²) < 4.78 is 6.01. The largest absolute Gasteiger partial charge is 0.478 e. The van der Waals surface area contributed by atoms with Gasteiger partial charge in [0.05, 0.1) is 11.6 Å². The maximum Gasteiger partial charge on any atom is 0.328 e. The Morgan fingerprint density at radius 2 is 1.58 bits per heavy atom. The van der Waals surface area contributed by atoms with E-state index >= 15 is 0 Å². The zero-order chi connectivity index (χ0) is 24.1. The highest BCUT2D eigenvalue weighted by atomic mass is 16.5. The van der Waals surface area contributed by atoms with Gasteiger partial charge < -0.3 is 14.9 Å². The Morgan fingerprint density at radius 1 is 0.970 bits per heavy atom. The molecule has 0 aliphatic rings. The van der Waals surface area contributed by atoms with Crippen LogP contribution in [0.3, 0.4) is 0 Å². The van der Waals surface area contributed by atoms with Gasteiger partial charge in [0.25, 0.3) is 0 Å². The lowest BCUT2D eigenvalue weighted by Crippen LogP contribution is -2.17. The maximum absolute atomic E-state index is 9.55. The van der Waals surface area contributed by atoms with Crippen molar-refractivity contribution in [1.29, 1.82) is 5.26 Å². The smallest absolute Gasteiger partial charge is 0.328 e. The van der Waals surface area contributed by atoms with Crippen LogP contribution in [0, 0.1) is 11.3 Å². The molecular formula is C25H23N3O5. The Balaban J connectivity index is 0.000000414. The van der Waals surface area contributed by atoms with Crippen LogP contribution >= 0.6 is 0 Å². The lowest BCUT2D eigenvalue weighted by atomic mass is 10.1. The zero-order valence-electron chi connectivity index (χ0n) is 18.0. The average molecular weight is 445 g/mol. The predicted octanol–water partition coefficient (Wildman–Crippen LogP) is 4.09. The molecular weight excluding hydrogens is 422 g/mol. The van der Waals surface area contributed by atoms with Crippen molar-refractivity contribution in [3.63, 3.8) is 0 Å². The van der Waals surface area contributed by atoms with E-state index < -0.39 is 11.9 Å². The monoisotopic (exact) mass is 445 g/mol. The van der Waals surface area contributed by atoms with Crippen LogP contribution in [-0.2, 0) is 22.7 Å². The molecule has 8 heteroatoms. The molecule has 8 nitrogen and oxygen atoms in total. The van der Waals surface area contributed by atoms with Crippen molar-refractivity contribution in [2.24, 2.45) is 0 Å². The maximum atomic E-state index is 9.55. The number of benzene rings is 2. The van der Waals surface area contributed by atoms with E-state index in [1.165, 1.54) is 5.56 Å². The summed E-state index contributed by atoms with van der Waals surface area (Å²) in [6, 6.07) is 21.3. The van der Waals surface area contributed by atoms with Crippen molar-refractivity contribution < 1.29 is 24.5 Å². The van der Waals surface area contributed by atoms with E-state index in [2.05, 4.69) is 29.1 Å². The number of hydrogen-bond donors (Lipinski definition) is 2. The minimum atomic E-state index is -1.26. The second-order valence-corrected chi connectivity index (χ2v) is 6.88. The first kappa shape index (κ1) is 24.8. The van der Waals surface area contributed by atoms with Crippen molar-refractivity contribution in [3.05, 3.63) is 102 Å². The fraction of sp³-hybridized carbons (Fsp3) is 0.120. The standard InChI is InChI=1S/C21H19N3O.C4H4O4/c1-24(15-18-10-12-23-13-11-18)16-19-4-2-3-5-21(19)25-20-8-6-17(14-22)7-9-20;5-3(6)1-2-4(7)8/h2-13H,15-16H2,1H3;1-2H,(H,5,6)(H,7,8)/b;2-1+. The number of aromatic nitrogens is 1. The first-order valence-electron chi connectivity index (χ1n) is 9.84. The van der Waals surface area contributed by atoms with Crippen LogP contribution in [0.25, 0.3) is 0 Å². The molecule has 0 fully saturated rings. The molecule has 0 bridgehead atoms. The average Bonchev–Trinajstić information content (AvgIpc) is 2.80. The summed E-state index contributed by atoms with van der Waals surface area (Å²) in [4.78, 5) is 25.4. The minimum Gasteiger partial charge on any atom is -0.478 e. The van der Waals surface area contributed by atoms with E-state index in [1.54, 1.807) is 12.1 Å². The number of pyridine rings is 1. The molecule has 0 radical (unpaired) electrons. The number of carboxylic acid groups (broad SMARTS) is 2. The molecule has 0 aliphatic heterocycles. The summed E-state index contributed by atoms with van der Waals surface area (Å²) >= 11 is 0. The molecule has 33 heavy (non-hydrogen) atoms. The summed E-state index contributed by atoms with van der Waals surface area (Å²) in [7, 11) is 2.08. The van der Waals surface area contributed by atoms with Crippen LogP contribution < -0.4 is 4.74 Å². The quantitative estimate of drug-likeness (QED) is 0.497. The molecule has 2 N–H and O–H groups in total. The summed E-state index contributed by atoms with van der Waals surface area (Å²) in [6.45, 7) is 1.61. The molecule has 1 heterocycles. The van der Waals surface area contributed by atoms with Crippen molar-refractivity contribution in [1.82, 2.24) is 9.88 Å². The van der Waals surface area contributed by atoms with Crippen molar-refractivity contribution in [2.75, 3.05) is 7.05 Å². The zero-order valence-corrected chi connectivity index (χ0v) is 18.0. The molecule has 0 spiro atoms. The molecule has 0 unspecified atom stereocenters. The summed E-state index contributed by atoms with van der Waals surface area (Å²) in [5, 5.41) is 24.5. The van der Waals surface area contributed by atoms with Crippen LogP contribution in [0.15, 0.2) is 85.2 Å². The number of ether oxygens (including phenoxy) is 1. The van der Waals surface area contributed by atoms with Gasteiger partial charge in [0, 0.05) is 43.2 Å². The molecule has 0 atom stereocenters.